The summed E-state index contributed by atoms with van der Waals surface area (Å²) >= 11 is 0. The number of carbonyl (C=O) groups excluding carboxylic acids is 1. The van der Waals surface area contributed by atoms with E-state index in [1.165, 1.54) is 12.8 Å². The van der Waals surface area contributed by atoms with Crippen molar-refractivity contribution in [1.82, 2.24) is 14.7 Å². The van der Waals surface area contributed by atoms with E-state index in [0.29, 0.717) is 6.04 Å². The Morgan fingerprint density at radius 1 is 1.27 bits per heavy atom. The van der Waals surface area contributed by atoms with Crippen LogP contribution in [0.15, 0.2) is 36.5 Å². The summed E-state index contributed by atoms with van der Waals surface area (Å²) in [5, 5.41) is 4.42. The number of nitrogens with zero attached hydrogens (tertiary/aromatic N) is 3. The molecule has 0 radical (unpaired) electrons. The van der Waals surface area contributed by atoms with Crippen LogP contribution in [0.1, 0.15) is 48.7 Å². The van der Waals surface area contributed by atoms with Crippen LogP contribution in [0.25, 0.3) is 5.69 Å². The topological polar surface area (TPSA) is 38.1 Å². The van der Waals surface area contributed by atoms with Crippen molar-refractivity contribution in [2.75, 3.05) is 6.54 Å². The first-order valence-electron chi connectivity index (χ1n) is 8.13. The number of aromatic nitrogens is 2. The molecular weight excluding hydrogens is 274 g/mol. The van der Waals surface area contributed by atoms with Gasteiger partial charge in [0.2, 0.25) is 0 Å². The molecule has 1 fully saturated rings. The minimum Gasteiger partial charge on any atom is -0.336 e. The van der Waals surface area contributed by atoms with Gasteiger partial charge in [-0.3, -0.25) is 4.79 Å². The fourth-order valence-electron chi connectivity index (χ4n) is 3.39. The fourth-order valence-corrected chi connectivity index (χ4v) is 3.39. The summed E-state index contributed by atoms with van der Waals surface area (Å²) in [7, 11) is 0. The van der Waals surface area contributed by atoms with Gasteiger partial charge in [-0.2, -0.15) is 5.10 Å². The second kappa shape index (κ2) is 6.34. The van der Waals surface area contributed by atoms with E-state index in [4.69, 9.17) is 0 Å². The summed E-state index contributed by atoms with van der Waals surface area (Å²) in [4.78, 5) is 14.9. The molecule has 116 valence electrons. The molecule has 1 saturated carbocycles. The third kappa shape index (κ3) is 2.65. The number of para-hydroxylation sites is 1. The molecule has 3 rings (SSSR count). The maximum Gasteiger partial charge on any atom is 0.257 e. The summed E-state index contributed by atoms with van der Waals surface area (Å²) in [5.41, 5.74) is 2.62. The molecule has 1 amide bonds. The molecule has 1 aliphatic carbocycles. The Bertz CT molecular complexity index is 642. The molecule has 4 heteroatoms. The minimum absolute atomic E-state index is 0.120. The van der Waals surface area contributed by atoms with Crippen LogP contribution in [0.5, 0.6) is 0 Å². The van der Waals surface area contributed by atoms with E-state index in [0.717, 1.165) is 36.3 Å². The van der Waals surface area contributed by atoms with Crippen LogP contribution in [0.2, 0.25) is 0 Å². The summed E-state index contributed by atoms with van der Waals surface area (Å²) in [6.45, 7) is 4.79. The number of benzene rings is 1. The van der Waals surface area contributed by atoms with Crippen molar-refractivity contribution in [3.8, 4) is 5.69 Å². The lowest BCUT2D eigenvalue weighted by molar-refractivity contribution is 0.0693. The van der Waals surface area contributed by atoms with Crippen molar-refractivity contribution in [3.05, 3.63) is 47.8 Å². The van der Waals surface area contributed by atoms with Gasteiger partial charge in [0.15, 0.2) is 0 Å². The monoisotopic (exact) mass is 297 g/mol. The second-order valence-corrected chi connectivity index (χ2v) is 5.92. The first-order chi connectivity index (χ1) is 10.7. The van der Waals surface area contributed by atoms with E-state index in [1.807, 2.05) is 46.8 Å². The standard InChI is InChI=1S/C18H23N3O/c1-3-20(15-9-7-8-10-15)18(22)17-13-19-21(14(17)2)16-11-5-4-6-12-16/h4-6,11-13,15H,3,7-10H2,1-2H3. The molecule has 1 aliphatic rings. The van der Waals surface area contributed by atoms with Gasteiger partial charge in [-0.15, -0.1) is 0 Å². The van der Waals surface area contributed by atoms with Crippen LogP contribution >= 0.6 is 0 Å². The van der Waals surface area contributed by atoms with E-state index >= 15 is 0 Å². The smallest absolute Gasteiger partial charge is 0.257 e. The van der Waals surface area contributed by atoms with E-state index < -0.39 is 0 Å². The highest BCUT2D eigenvalue weighted by Crippen LogP contribution is 2.25. The van der Waals surface area contributed by atoms with Crippen LogP contribution in [-0.2, 0) is 0 Å². The number of hydrogen-bond donors (Lipinski definition) is 0. The normalized spacial score (nSPS) is 15.2. The molecule has 0 atom stereocenters. The zero-order valence-corrected chi connectivity index (χ0v) is 13.3. The van der Waals surface area contributed by atoms with Gasteiger partial charge in [-0.25, -0.2) is 4.68 Å². The highest BCUT2D eigenvalue weighted by Gasteiger charge is 2.28. The van der Waals surface area contributed by atoms with Crippen LogP contribution in [-0.4, -0.2) is 33.2 Å². The van der Waals surface area contributed by atoms with Gasteiger partial charge in [0.25, 0.3) is 5.91 Å². The molecular formula is C18H23N3O. The third-order valence-electron chi connectivity index (χ3n) is 4.61. The Balaban J connectivity index is 1.88. The minimum atomic E-state index is 0.120. The maximum absolute atomic E-state index is 12.9. The number of hydrogen-bond acceptors (Lipinski definition) is 2. The highest BCUT2D eigenvalue weighted by molar-refractivity contribution is 5.95. The average Bonchev–Trinajstić information content (AvgIpc) is 3.19. The van der Waals surface area contributed by atoms with Gasteiger partial charge >= 0.3 is 0 Å². The predicted octanol–water partition coefficient (Wildman–Crippen LogP) is 3.59. The molecule has 0 saturated heterocycles. The van der Waals surface area contributed by atoms with Crippen molar-refractivity contribution in [3.63, 3.8) is 0 Å². The summed E-state index contributed by atoms with van der Waals surface area (Å²) < 4.78 is 1.84. The van der Waals surface area contributed by atoms with Gasteiger partial charge in [0.05, 0.1) is 23.1 Å². The Kier molecular flexibility index (Phi) is 4.27. The lowest BCUT2D eigenvalue weighted by atomic mass is 10.1. The van der Waals surface area contributed by atoms with Crippen molar-refractivity contribution in [2.45, 2.75) is 45.6 Å². The van der Waals surface area contributed by atoms with Crippen molar-refractivity contribution in [1.29, 1.82) is 0 Å². The Labute approximate surface area is 131 Å². The first kappa shape index (κ1) is 14.8. The molecule has 0 N–H and O–H groups in total. The fraction of sp³-hybridized carbons (Fsp3) is 0.444. The lowest BCUT2D eigenvalue weighted by Gasteiger charge is -2.27. The number of carbonyl (C=O) groups is 1. The predicted molar refractivity (Wildman–Crippen MR) is 87.3 cm³/mol. The maximum atomic E-state index is 12.9. The van der Waals surface area contributed by atoms with Gasteiger partial charge in [0, 0.05) is 12.6 Å². The van der Waals surface area contributed by atoms with Gasteiger partial charge in [-0.1, -0.05) is 31.0 Å². The number of rotatable bonds is 4. The van der Waals surface area contributed by atoms with Crippen LogP contribution in [0.4, 0.5) is 0 Å². The molecule has 0 unspecified atom stereocenters. The summed E-state index contributed by atoms with van der Waals surface area (Å²) in [6.07, 6.45) is 6.44. The Hall–Kier alpha value is -2.10. The van der Waals surface area contributed by atoms with E-state index in [1.54, 1.807) is 6.20 Å². The largest absolute Gasteiger partial charge is 0.336 e. The van der Waals surface area contributed by atoms with Crippen molar-refractivity contribution >= 4 is 5.91 Å². The molecule has 2 aromatic rings. The quantitative estimate of drug-likeness (QED) is 0.865. The van der Waals surface area contributed by atoms with Gasteiger partial charge in [0.1, 0.15) is 0 Å². The molecule has 4 nitrogen and oxygen atoms in total. The molecule has 22 heavy (non-hydrogen) atoms. The van der Waals surface area contributed by atoms with E-state index in [2.05, 4.69) is 12.0 Å². The molecule has 0 aliphatic heterocycles. The van der Waals surface area contributed by atoms with E-state index in [9.17, 15) is 4.79 Å². The molecule has 1 aromatic heterocycles. The summed E-state index contributed by atoms with van der Waals surface area (Å²) in [6, 6.07) is 10.3. The zero-order valence-electron chi connectivity index (χ0n) is 13.3. The third-order valence-corrected chi connectivity index (χ3v) is 4.61. The zero-order chi connectivity index (χ0) is 15.5. The first-order valence-corrected chi connectivity index (χ1v) is 8.13. The van der Waals surface area contributed by atoms with Crippen LogP contribution in [0, 0.1) is 6.92 Å². The molecule has 1 aromatic carbocycles. The van der Waals surface area contributed by atoms with Crippen molar-refractivity contribution in [2.24, 2.45) is 0 Å². The van der Waals surface area contributed by atoms with Gasteiger partial charge < -0.3 is 4.90 Å². The lowest BCUT2D eigenvalue weighted by Crippen LogP contribution is -2.38. The average molecular weight is 297 g/mol. The number of amides is 1. The second-order valence-electron chi connectivity index (χ2n) is 5.92. The highest BCUT2D eigenvalue weighted by atomic mass is 16.2. The Morgan fingerprint density at radius 3 is 2.59 bits per heavy atom. The van der Waals surface area contributed by atoms with Gasteiger partial charge in [-0.05, 0) is 38.8 Å². The molecule has 0 spiro atoms. The molecule has 0 bridgehead atoms. The van der Waals surface area contributed by atoms with Crippen molar-refractivity contribution < 1.29 is 4.79 Å². The van der Waals surface area contributed by atoms with Crippen LogP contribution in [0.3, 0.4) is 0 Å². The van der Waals surface area contributed by atoms with E-state index in [-0.39, 0.29) is 5.91 Å². The van der Waals surface area contributed by atoms with Crippen LogP contribution < -0.4 is 0 Å². The SMILES string of the molecule is CCN(C(=O)c1cnn(-c2ccccc2)c1C)C1CCCC1. The Morgan fingerprint density at radius 2 is 1.95 bits per heavy atom. The molecule has 1 heterocycles. The summed E-state index contributed by atoms with van der Waals surface area (Å²) in [5.74, 6) is 0.120.